The lowest BCUT2D eigenvalue weighted by atomic mass is 9.97. The van der Waals surface area contributed by atoms with Crippen molar-refractivity contribution in [2.75, 3.05) is 6.54 Å². The first kappa shape index (κ1) is 33.2. The van der Waals surface area contributed by atoms with Crippen LogP contribution in [0.1, 0.15) is 45.4 Å². The molecule has 45 heavy (non-hydrogen) atoms. The fraction of sp³-hybridized carbons (Fsp3) is 0.393. The summed E-state index contributed by atoms with van der Waals surface area (Å²) in [5, 5.41) is 20.2. The SMILES string of the molecule is Cc1ccc(-c2cc(C(F)(F)F)nn2-c2ccc(S(=O)(=O)NC(=O)[C@@H]3CCN3/[N+]([O-])=N/OC(C)OC(=O)C(C)(C)C)cc2)cc1. The van der Waals surface area contributed by atoms with Crippen LogP contribution in [-0.4, -0.2) is 58.9 Å². The van der Waals surface area contributed by atoms with Crippen molar-refractivity contribution in [1.29, 1.82) is 0 Å². The third-order valence-corrected chi connectivity index (χ3v) is 8.00. The highest BCUT2D eigenvalue weighted by atomic mass is 32.2. The number of esters is 1. The molecule has 1 saturated heterocycles. The number of nitrogens with one attached hydrogen (secondary N) is 1. The number of ether oxygens (including phenoxy) is 1. The Balaban J connectivity index is 1.46. The Kier molecular flexibility index (Phi) is 9.14. The summed E-state index contributed by atoms with van der Waals surface area (Å²) in [6.45, 7) is 8.11. The van der Waals surface area contributed by atoms with Crippen LogP contribution in [0.15, 0.2) is 64.8 Å². The van der Waals surface area contributed by atoms with E-state index in [1.165, 1.54) is 19.1 Å². The van der Waals surface area contributed by atoms with Gasteiger partial charge in [0.1, 0.15) is 0 Å². The molecule has 17 heteroatoms. The number of amides is 1. The summed E-state index contributed by atoms with van der Waals surface area (Å²) in [5.74, 6) is -1.61. The number of alkyl halides is 3. The minimum Gasteiger partial charge on any atom is -0.569 e. The number of nitrogens with zero attached hydrogens (tertiary/aromatic N) is 5. The molecule has 1 amide bonds. The minimum absolute atomic E-state index is 0.0402. The van der Waals surface area contributed by atoms with Gasteiger partial charge in [-0.25, -0.2) is 17.8 Å². The fourth-order valence-electron chi connectivity index (χ4n) is 4.02. The topological polar surface area (TPSA) is 158 Å². The Morgan fingerprint density at radius 2 is 1.73 bits per heavy atom. The van der Waals surface area contributed by atoms with E-state index >= 15 is 0 Å². The van der Waals surface area contributed by atoms with Gasteiger partial charge < -0.3 is 9.94 Å². The first-order chi connectivity index (χ1) is 20.9. The molecule has 1 aromatic heterocycles. The highest BCUT2D eigenvalue weighted by Crippen LogP contribution is 2.33. The van der Waals surface area contributed by atoms with Crippen molar-refractivity contribution in [3.8, 4) is 16.9 Å². The lowest BCUT2D eigenvalue weighted by Gasteiger charge is -2.34. The molecule has 1 N–H and O–H groups in total. The van der Waals surface area contributed by atoms with Gasteiger partial charge >= 0.3 is 12.1 Å². The van der Waals surface area contributed by atoms with Gasteiger partial charge in [0.2, 0.25) is 5.28 Å². The Labute approximate surface area is 256 Å². The Morgan fingerprint density at radius 1 is 1.11 bits per heavy atom. The molecule has 1 fully saturated rings. The zero-order valence-electron chi connectivity index (χ0n) is 24.9. The average molecular weight is 653 g/mol. The molecule has 0 spiro atoms. The molecular formula is C28H31F3N6O7S. The molecule has 2 atom stereocenters. The number of hydrogen-bond donors (Lipinski definition) is 1. The lowest BCUT2D eigenvalue weighted by molar-refractivity contribution is -0.730. The van der Waals surface area contributed by atoms with Gasteiger partial charge in [-0.3, -0.25) is 14.4 Å². The number of carbonyl (C=O) groups is 2. The lowest BCUT2D eigenvalue weighted by Crippen LogP contribution is -2.59. The average Bonchev–Trinajstić information content (AvgIpc) is 3.37. The second kappa shape index (κ2) is 12.4. The molecule has 0 saturated carbocycles. The predicted octanol–water partition coefficient (Wildman–Crippen LogP) is 4.49. The quantitative estimate of drug-likeness (QED) is 0.116. The molecule has 0 bridgehead atoms. The summed E-state index contributed by atoms with van der Waals surface area (Å²) in [6, 6.07) is 11.2. The third kappa shape index (κ3) is 7.71. The zero-order valence-corrected chi connectivity index (χ0v) is 25.7. The van der Waals surface area contributed by atoms with Crippen LogP contribution in [0.25, 0.3) is 16.9 Å². The van der Waals surface area contributed by atoms with Gasteiger partial charge in [0.05, 0.1) is 33.2 Å². The van der Waals surface area contributed by atoms with Crippen molar-refractivity contribution in [3.05, 3.63) is 71.1 Å². The fourth-order valence-corrected chi connectivity index (χ4v) is 5.03. The van der Waals surface area contributed by atoms with Gasteiger partial charge in [-0.1, -0.05) is 29.8 Å². The van der Waals surface area contributed by atoms with Crippen molar-refractivity contribution in [3.63, 3.8) is 0 Å². The minimum atomic E-state index is -4.72. The van der Waals surface area contributed by atoms with E-state index in [1.54, 1.807) is 45.0 Å². The van der Waals surface area contributed by atoms with Crippen molar-refractivity contribution in [2.24, 2.45) is 10.7 Å². The number of hydrazine groups is 1. The van der Waals surface area contributed by atoms with E-state index in [9.17, 15) is 36.4 Å². The van der Waals surface area contributed by atoms with Gasteiger partial charge in [0.25, 0.3) is 22.2 Å². The van der Waals surface area contributed by atoms with E-state index in [4.69, 9.17) is 9.57 Å². The predicted molar refractivity (Wildman–Crippen MR) is 151 cm³/mol. The maximum absolute atomic E-state index is 13.5. The van der Waals surface area contributed by atoms with Gasteiger partial charge in [-0.05, 0) is 58.0 Å². The van der Waals surface area contributed by atoms with Crippen molar-refractivity contribution in [1.82, 2.24) is 19.5 Å². The van der Waals surface area contributed by atoms with Crippen LogP contribution >= 0.6 is 0 Å². The maximum Gasteiger partial charge on any atom is 0.435 e. The van der Waals surface area contributed by atoms with Crippen LogP contribution in [0.3, 0.4) is 0 Å². The van der Waals surface area contributed by atoms with Crippen molar-refractivity contribution >= 4 is 21.9 Å². The van der Waals surface area contributed by atoms with E-state index in [0.29, 0.717) is 5.56 Å². The molecule has 0 aliphatic carbocycles. The van der Waals surface area contributed by atoms with E-state index < -0.39 is 51.5 Å². The Hall–Kier alpha value is -4.67. The Bertz CT molecular complexity index is 1700. The van der Waals surface area contributed by atoms with E-state index in [-0.39, 0.29) is 34.2 Å². The molecule has 2 heterocycles. The van der Waals surface area contributed by atoms with Gasteiger partial charge in [-0.15, -0.1) is 5.01 Å². The largest absolute Gasteiger partial charge is 0.569 e. The highest BCUT2D eigenvalue weighted by Gasteiger charge is 2.43. The summed E-state index contributed by atoms with van der Waals surface area (Å²) in [5.41, 5.74) is -0.306. The maximum atomic E-state index is 13.5. The van der Waals surface area contributed by atoms with Crippen LogP contribution in [0.5, 0.6) is 0 Å². The second-order valence-corrected chi connectivity index (χ2v) is 13.0. The number of halogens is 3. The molecule has 13 nitrogen and oxygen atoms in total. The number of carbonyl (C=O) groups excluding carboxylic acids is 2. The second-order valence-electron chi connectivity index (χ2n) is 11.3. The molecule has 242 valence electrons. The van der Waals surface area contributed by atoms with Gasteiger partial charge in [-0.2, -0.15) is 18.3 Å². The molecule has 4 rings (SSSR count). The Morgan fingerprint density at radius 3 is 2.27 bits per heavy atom. The number of aromatic nitrogens is 2. The van der Waals surface area contributed by atoms with Crippen LogP contribution in [0, 0.1) is 17.5 Å². The van der Waals surface area contributed by atoms with E-state index in [1.807, 2.05) is 11.6 Å². The molecule has 1 aliphatic rings. The summed E-state index contributed by atoms with van der Waals surface area (Å²) < 4.78 is 74.4. The molecule has 0 radical (unpaired) electrons. The highest BCUT2D eigenvalue weighted by molar-refractivity contribution is 7.90. The van der Waals surface area contributed by atoms with E-state index in [0.717, 1.165) is 33.5 Å². The van der Waals surface area contributed by atoms with Gasteiger partial charge in [0.15, 0.2) is 11.7 Å². The summed E-state index contributed by atoms with van der Waals surface area (Å²) in [4.78, 5) is 29.2. The van der Waals surface area contributed by atoms with Crippen LogP contribution < -0.4 is 4.72 Å². The van der Waals surface area contributed by atoms with Crippen LogP contribution in [0.2, 0.25) is 0 Å². The molecule has 1 aliphatic heterocycles. The molecule has 1 unspecified atom stereocenters. The first-order valence-corrected chi connectivity index (χ1v) is 15.1. The van der Waals surface area contributed by atoms with Crippen molar-refractivity contribution < 1.29 is 45.7 Å². The van der Waals surface area contributed by atoms with Crippen LogP contribution in [0.4, 0.5) is 13.2 Å². The monoisotopic (exact) mass is 652 g/mol. The number of hydrogen-bond acceptors (Lipinski definition) is 9. The van der Waals surface area contributed by atoms with Crippen molar-refractivity contribution in [2.45, 2.75) is 64.4 Å². The summed E-state index contributed by atoms with van der Waals surface area (Å²) in [7, 11) is -4.44. The zero-order chi connectivity index (χ0) is 33.3. The normalized spacial score (nSPS) is 16.5. The smallest absolute Gasteiger partial charge is 0.435 e. The third-order valence-electron chi connectivity index (χ3n) is 6.64. The summed E-state index contributed by atoms with van der Waals surface area (Å²) in [6.07, 6.45) is -5.80. The molecule has 2 aromatic carbocycles. The number of rotatable bonds is 9. The summed E-state index contributed by atoms with van der Waals surface area (Å²) >= 11 is 0. The number of sulfonamides is 1. The number of aryl methyl sites for hydroxylation is 1. The first-order valence-electron chi connectivity index (χ1n) is 13.6. The van der Waals surface area contributed by atoms with E-state index in [2.05, 4.69) is 10.4 Å². The standard InChI is InChI=1S/C28H31F3N6O7S/c1-17-6-8-19(9-7-17)23-16-24(28(29,30)31)32-36(23)20-10-12-21(13-11-20)45(41,42)33-25(38)22-14-15-35(22)37(40)34-44-18(2)43-26(39)27(3,4)5/h6-13,16,18,22H,14-15H2,1-5H3,(H,33,38)/b37-34-/t18?,22-/m0/s1. The number of benzene rings is 2. The van der Waals surface area contributed by atoms with Gasteiger partial charge in [0, 0.05) is 18.9 Å². The van der Waals surface area contributed by atoms with Crippen LogP contribution in [-0.2, 0) is 35.4 Å². The molecular weight excluding hydrogens is 621 g/mol. The molecule has 3 aromatic rings.